The minimum atomic E-state index is -3.25. The average molecular weight is 366 g/mol. The van der Waals surface area contributed by atoms with Crippen LogP contribution in [0, 0.1) is 5.82 Å². The highest BCUT2D eigenvalue weighted by Crippen LogP contribution is 2.35. The molecule has 1 aromatic heterocycles. The number of benzene rings is 1. The van der Waals surface area contributed by atoms with Crippen LogP contribution in [0.5, 0.6) is 5.75 Å². The van der Waals surface area contributed by atoms with Crippen LogP contribution in [0.4, 0.5) is 13.2 Å². The number of carbonyl (C=O) groups is 1. The van der Waals surface area contributed by atoms with Crippen molar-refractivity contribution in [1.82, 2.24) is 4.98 Å². The number of rotatable bonds is 4. The summed E-state index contributed by atoms with van der Waals surface area (Å²) in [6, 6.07) is 5.00. The summed E-state index contributed by atoms with van der Waals surface area (Å²) >= 11 is 11.5. The zero-order valence-electron chi connectivity index (χ0n) is 11.4. The predicted molar refractivity (Wildman–Crippen MR) is 77.6 cm³/mol. The molecule has 9 heteroatoms. The monoisotopic (exact) mass is 365 g/mol. The predicted octanol–water partition coefficient (Wildman–Crippen LogP) is 4.58. The molecule has 0 aliphatic heterocycles. The van der Waals surface area contributed by atoms with Gasteiger partial charge in [0.15, 0.2) is 17.3 Å². The lowest BCUT2D eigenvalue weighted by Gasteiger charge is -2.11. The number of ether oxygens (including phenoxy) is 2. The molecule has 2 aromatic rings. The second kappa shape index (κ2) is 7.06. The van der Waals surface area contributed by atoms with Crippen molar-refractivity contribution in [2.24, 2.45) is 0 Å². The number of hydrogen-bond acceptors (Lipinski definition) is 4. The summed E-state index contributed by atoms with van der Waals surface area (Å²) in [5.41, 5.74) is -0.452. The molecule has 1 aromatic carbocycles. The Morgan fingerprint density at radius 2 is 1.83 bits per heavy atom. The van der Waals surface area contributed by atoms with Gasteiger partial charge in [0.05, 0.1) is 22.8 Å². The molecule has 2 rings (SSSR count). The number of esters is 1. The lowest BCUT2D eigenvalue weighted by Crippen LogP contribution is -2.07. The number of aromatic nitrogens is 1. The molecule has 0 fully saturated rings. The minimum Gasteiger partial charge on any atom is -0.464 e. The van der Waals surface area contributed by atoms with Crippen molar-refractivity contribution >= 4 is 29.2 Å². The van der Waals surface area contributed by atoms with Crippen molar-refractivity contribution in [3.63, 3.8) is 0 Å². The van der Waals surface area contributed by atoms with Crippen molar-refractivity contribution < 1.29 is 27.4 Å². The first-order chi connectivity index (χ1) is 10.8. The van der Waals surface area contributed by atoms with E-state index in [4.69, 9.17) is 23.2 Å². The number of nitrogens with zero attached hydrogens (tertiary/aromatic N) is 1. The van der Waals surface area contributed by atoms with E-state index >= 15 is 0 Å². The van der Waals surface area contributed by atoms with Crippen LogP contribution in [-0.2, 0) is 4.74 Å². The minimum absolute atomic E-state index is 0.000902. The summed E-state index contributed by atoms with van der Waals surface area (Å²) in [6.45, 7) is -3.25. The average Bonchev–Trinajstić information content (AvgIpc) is 2.51. The summed E-state index contributed by atoms with van der Waals surface area (Å²) in [5, 5.41) is -0.326. The molecule has 1 heterocycles. The standard InChI is InChI=1S/C14H8Cl2F3NO3/c1-22-13(21)11-7(15)4-5-9(20-11)6-2-3-8(16)12(10(6)17)23-14(18)19/h2-5,14H,1H3. The number of alkyl halides is 2. The van der Waals surface area contributed by atoms with Crippen LogP contribution in [0.25, 0.3) is 11.3 Å². The van der Waals surface area contributed by atoms with Gasteiger partial charge in [0.2, 0.25) is 0 Å². The van der Waals surface area contributed by atoms with Gasteiger partial charge in [0.25, 0.3) is 0 Å². The van der Waals surface area contributed by atoms with E-state index in [1.807, 2.05) is 0 Å². The van der Waals surface area contributed by atoms with Gasteiger partial charge in [-0.15, -0.1) is 0 Å². The maximum Gasteiger partial charge on any atom is 0.387 e. The largest absolute Gasteiger partial charge is 0.464 e. The molecule has 122 valence electrons. The van der Waals surface area contributed by atoms with Crippen LogP contribution in [0.15, 0.2) is 24.3 Å². The Hall–Kier alpha value is -1.99. The molecule has 0 atom stereocenters. The Morgan fingerprint density at radius 1 is 1.17 bits per heavy atom. The van der Waals surface area contributed by atoms with Gasteiger partial charge in [-0.1, -0.05) is 23.2 Å². The van der Waals surface area contributed by atoms with E-state index in [0.717, 1.165) is 7.11 Å². The van der Waals surface area contributed by atoms with E-state index in [9.17, 15) is 18.0 Å². The first-order valence-electron chi connectivity index (χ1n) is 6.03. The van der Waals surface area contributed by atoms with E-state index in [-0.39, 0.29) is 27.0 Å². The molecular formula is C14H8Cl2F3NO3. The normalized spacial score (nSPS) is 10.7. The first kappa shape index (κ1) is 17.4. The summed E-state index contributed by atoms with van der Waals surface area (Å²) < 4.78 is 47.6. The summed E-state index contributed by atoms with van der Waals surface area (Å²) in [6.07, 6.45) is 0. The SMILES string of the molecule is COC(=O)c1nc(-c2ccc(Cl)c(OC(F)F)c2F)ccc1Cl. The highest BCUT2D eigenvalue weighted by molar-refractivity contribution is 6.33. The summed E-state index contributed by atoms with van der Waals surface area (Å²) in [5.74, 6) is -2.77. The van der Waals surface area contributed by atoms with Crippen LogP contribution in [0.3, 0.4) is 0 Å². The lowest BCUT2D eigenvalue weighted by atomic mass is 10.1. The molecule has 0 saturated carbocycles. The van der Waals surface area contributed by atoms with Gasteiger partial charge in [-0.2, -0.15) is 8.78 Å². The highest BCUT2D eigenvalue weighted by Gasteiger charge is 2.21. The molecule has 0 unspecified atom stereocenters. The molecule has 0 spiro atoms. The van der Waals surface area contributed by atoms with Gasteiger partial charge in [0.1, 0.15) is 0 Å². The Morgan fingerprint density at radius 3 is 2.43 bits per heavy atom. The number of pyridine rings is 1. The van der Waals surface area contributed by atoms with Gasteiger partial charge < -0.3 is 9.47 Å². The second-order valence-electron chi connectivity index (χ2n) is 4.14. The maximum absolute atomic E-state index is 14.4. The molecule has 0 aliphatic carbocycles. The van der Waals surface area contributed by atoms with Gasteiger partial charge in [-0.25, -0.2) is 14.2 Å². The zero-order chi connectivity index (χ0) is 17.1. The van der Waals surface area contributed by atoms with Crippen molar-refractivity contribution in [3.8, 4) is 17.0 Å². The Balaban J connectivity index is 2.57. The van der Waals surface area contributed by atoms with Gasteiger partial charge in [0, 0.05) is 5.56 Å². The quantitative estimate of drug-likeness (QED) is 0.744. The third kappa shape index (κ3) is 3.68. The Kier molecular flexibility index (Phi) is 5.33. The molecule has 0 saturated heterocycles. The van der Waals surface area contributed by atoms with Crippen LogP contribution < -0.4 is 4.74 Å². The summed E-state index contributed by atoms with van der Waals surface area (Å²) in [4.78, 5) is 15.5. The van der Waals surface area contributed by atoms with E-state index in [1.54, 1.807) is 0 Å². The van der Waals surface area contributed by atoms with Crippen molar-refractivity contribution in [3.05, 3.63) is 45.8 Å². The number of hydrogen-bond donors (Lipinski definition) is 0. The Labute approximate surface area is 138 Å². The van der Waals surface area contributed by atoms with Crippen molar-refractivity contribution in [1.29, 1.82) is 0 Å². The molecular weight excluding hydrogens is 358 g/mol. The number of methoxy groups -OCH3 is 1. The Bertz CT molecular complexity index is 756. The topological polar surface area (TPSA) is 48.4 Å². The lowest BCUT2D eigenvalue weighted by molar-refractivity contribution is -0.0520. The fraction of sp³-hybridized carbons (Fsp3) is 0.143. The van der Waals surface area contributed by atoms with E-state index in [0.29, 0.717) is 0 Å². The van der Waals surface area contributed by atoms with Crippen LogP contribution >= 0.6 is 23.2 Å². The third-order valence-corrected chi connectivity index (χ3v) is 3.36. The van der Waals surface area contributed by atoms with Gasteiger partial charge >= 0.3 is 12.6 Å². The zero-order valence-corrected chi connectivity index (χ0v) is 13.0. The maximum atomic E-state index is 14.4. The first-order valence-corrected chi connectivity index (χ1v) is 6.78. The van der Waals surface area contributed by atoms with E-state index in [1.165, 1.54) is 24.3 Å². The number of carbonyl (C=O) groups excluding carboxylic acids is 1. The van der Waals surface area contributed by atoms with E-state index in [2.05, 4.69) is 14.5 Å². The molecule has 0 N–H and O–H groups in total. The molecule has 0 bridgehead atoms. The van der Waals surface area contributed by atoms with Crippen molar-refractivity contribution in [2.75, 3.05) is 7.11 Å². The molecule has 0 amide bonds. The van der Waals surface area contributed by atoms with Crippen LogP contribution in [-0.4, -0.2) is 24.7 Å². The van der Waals surface area contributed by atoms with Gasteiger partial charge in [-0.05, 0) is 24.3 Å². The molecule has 0 aliphatic rings. The van der Waals surface area contributed by atoms with E-state index < -0.39 is 24.1 Å². The highest BCUT2D eigenvalue weighted by atomic mass is 35.5. The third-order valence-electron chi connectivity index (χ3n) is 2.76. The molecule has 4 nitrogen and oxygen atoms in total. The fourth-order valence-electron chi connectivity index (χ4n) is 1.76. The van der Waals surface area contributed by atoms with Crippen LogP contribution in [0.1, 0.15) is 10.5 Å². The molecule has 0 radical (unpaired) electrons. The second-order valence-corrected chi connectivity index (χ2v) is 4.95. The fourth-order valence-corrected chi connectivity index (χ4v) is 2.13. The number of halogens is 5. The smallest absolute Gasteiger partial charge is 0.387 e. The van der Waals surface area contributed by atoms with Crippen molar-refractivity contribution in [2.45, 2.75) is 6.61 Å². The molecule has 23 heavy (non-hydrogen) atoms. The summed E-state index contributed by atoms with van der Waals surface area (Å²) in [7, 11) is 1.13. The van der Waals surface area contributed by atoms with Crippen LogP contribution in [0.2, 0.25) is 10.0 Å². The van der Waals surface area contributed by atoms with Gasteiger partial charge in [-0.3, -0.25) is 0 Å².